The van der Waals surface area contributed by atoms with Crippen LogP contribution in [-0.2, 0) is 6.54 Å². The van der Waals surface area contributed by atoms with Crippen LogP contribution in [-0.4, -0.2) is 30.1 Å². The monoisotopic (exact) mass is 352 g/mol. The van der Waals surface area contributed by atoms with E-state index >= 15 is 0 Å². The van der Waals surface area contributed by atoms with E-state index in [4.69, 9.17) is 5.26 Å². The van der Waals surface area contributed by atoms with Gasteiger partial charge in [0.25, 0.3) is 0 Å². The molecule has 2 aromatic rings. The Bertz CT molecular complexity index is 792. The van der Waals surface area contributed by atoms with Gasteiger partial charge in [0.05, 0.1) is 11.6 Å². The van der Waals surface area contributed by atoms with E-state index in [0.29, 0.717) is 11.3 Å². The van der Waals surface area contributed by atoms with E-state index in [1.165, 1.54) is 12.1 Å². The number of carbonyl (C=O) groups is 1. The van der Waals surface area contributed by atoms with E-state index in [1.807, 2.05) is 12.1 Å². The number of benzene rings is 2. The summed E-state index contributed by atoms with van der Waals surface area (Å²) in [7, 11) is 0. The third kappa shape index (κ3) is 5.04. The van der Waals surface area contributed by atoms with Crippen molar-refractivity contribution in [3.05, 3.63) is 65.5 Å². The van der Waals surface area contributed by atoms with E-state index in [0.717, 1.165) is 38.0 Å². The van der Waals surface area contributed by atoms with E-state index < -0.39 is 0 Å². The summed E-state index contributed by atoms with van der Waals surface area (Å²) in [4.78, 5) is 14.4. The summed E-state index contributed by atoms with van der Waals surface area (Å²) in [6.07, 6.45) is 1.74. The highest BCUT2D eigenvalue weighted by Crippen LogP contribution is 2.15. The number of anilines is 1. The van der Waals surface area contributed by atoms with Crippen LogP contribution >= 0.6 is 0 Å². The molecule has 1 heterocycles. The number of piperidine rings is 1. The molecule has 0 aliphatic carbocycles. The molecule has 0 radical (unpaired) electrons. The second-order valence-electron chi connectivity index (χ2n) is 6.47. The minimum atomic E-state index is -0.253. The largest absolute Gasteiger partial charge is 0.335 e. The molecule has 134 valence electrons. The normalized spacial score (nSPS) is 15.2. The van der Waals surface area contributed by atoms with Gasteiger partial charge >= 0.3 is 6.03 Å². The van der Waals surface area contributed by atoms with Crippen molar-refractivity contribution in [3.63, 3.8) is 0 Å². The Morgan fingerprint density at radius 3 is 2.62 bits per heavy atom. The van der Waals surface area contributed by atoms with Gasteiger partial charge in [-0.2, -0.15) is 5.26 Å². The van der Waals surface area contributed by atoms with Crippen LogP contribution in [0.3, 0.4) is 0 Å². The predicted molar refractivity (Wildman–Crippen MR) is 98.0 cm³/mol. The molecule has 1 aliphatic rings. The Balaban J connectivity index is 1.44. The Morgan fingerprint density at radius 2 is 1.92 bits per heavy atom. The molecule has 0 atom stereocenters. The van der Waals surface area contributed by atoms with Crippen molar-refractivity contribution in [3.8, 4) is 6.07 Å². The first kappa shape index (κ1) is 17.9. The zero-order valence-electron chi connectivity index (χ0n) is 14.4. The second-order valence-corrected chi connectivity index (χ2v) is 6.47. The van der Waals surface area contributed by atoms with Crippen LogP contribution in [0.5, 0.6) is 0 Å². The summed E-state index contributed by atoms with van der Waals surface area (Å²) in [5, 5.41) is 14.7. The number of hydrogen-bond donors (Lipinski definition) is 2. The highest BCUT2D eigenvalue weighted by atomic mass is 19.1. The van der Waals surface area contributed by atoms with Gasteiger partial charge in [-0.15, -0.1) is 0 Å². The van der Waals surface area contributed by atoms with Gasteiger partial charge < -0.3 is 10.6 Å². The Morgan fingerprint density at radius 1 is 1.19 bits per heavy atom. The van der Waals surface area contributed by atoms with Crippen molar-refractivity contribution in [2.45, 2.75) is 25.4 Å². The fraction of sp³-hybridized carbons (Fsp3) is 0.300. The number of nitrogens with zero attached hydrogens (tertiary/aromatic N) is 2. The molecule has 3 rings (SSSR count). The fourth-order valence-corrected chi connectivity index (χ4v) is 3.10. The zero-order valence-corrected chi connectivity index (χ0v) is 14.4. The standard InChI is InChI=1S/C20H21FN4O/c21-17-6-4-15(5-7-17)14-25-10-8-18(9-11-25)23-20(26)24-19-3-1-2-16(12-19)13-22/h1-7,12,18H,8-11,14H2,(H2,23,24,26). The molecule has 0 spiro atoms. The maximum atomic E-state index is 13.0. The number of rotatable bonds is 4. The quantitative estimate of drug-likeness (QED) is 0.885. The van der Waals surface area contributed by atoms with Gasteiger partial charge in [0.2, 0.25) is 0 Å². The predicted octanol–water partition coefficient (Wildman–Crippen LogP) is 3.48. The third-order valence-electron chi connectivity index (χ3n) is 4.49. The number of urea groups is 1. The maximum absolute atomic E-state index is 13.0. The van der Waals surface area contributed by atoms with Crippen molar-refractivity contribution >= 4 is 11.7 Å². The summed E-state index contributed by atoms with van der Waals surface area (Å²) in [5.41, 5.74) is 2.21. The average Bonchev–Trinajstić information content (AvgIpc) is 2.65. The average molecular weight is 352 g/mol. The molecule has 2 aromatic carbocycles. The molecule has 0 unspecified atom stereocenters. The highest BCUT2D eigenvalue weighted by molar-refractivity contribution is 5.89. The lowest BCUT2D eigenvalue weighted by Gasteiger charge is -2.32. The van der Waals surface area contributed by atoms with Crippen molar-refractivity contribution in [2.75, 3.05) is 18.4 Å². The third-order valence-corrected chi connectivity index (χ3v) is 4.49. The fourth-order valence-electron chi connectivity index (χ4n) is 3.10. The number of hydrogen-bond acceptors (Lipinski definition) is 3. The lowest BCUT2D eigenvalue weighted by molar-refractivity contribution is 0.190. The Hall–Kier alpha value is -2.91. The molecule has 2 amide bonds. The van der Waals surface area contributed by atoms with Crippen LogP contribution in [0.25, 0.3) is 0 Å². The summed E-state index contributed by atoms with van der Waals surface area (Å²) in [6.45, 7) is 2.55. The van der Waals surface area contributed by atoms with Gasteiger partial charge in [-0.1, -0.05) is 18.2 Å². The molecule has 26 heavy (non-hydrogen) atoms. The number of nitriles is 1. The summed E-state index contributed by atoms with van der Waals surface area (Å²) in [5.74, 6) is -0.219. The topological polar surface area (TPSA) is 68.2 Å². The number of likely N-dealkylation sites (tertiary alicyclic amines) is 1. The minimum absolute atomic E-state index is 0.124. The van der Waals surface area contributed by atoms with Crippen molar-refractivity contribution in [1.29, 1.82) is 5.26 Å². The van der Waals surface area contributed by atoms with Gasteiger partial charge in [0.1, 0.15) is 5.82 Å². The summed E-state index contributed by atoms with van der Waals surface area (Å²) < 4.78 is 13.0. The first-order valence-electron chi connectivity index (χ1n) is 8.67. The number of carbonyl (C=O) groups excluding carboxylic acids is 1. The number of nitrogens with one attached hydrogen (secondary N) is 2. The van der Waals surface area contributed by atoms with Gasteiger partial charge in [-0.25, -0.2) is 9.18 Å². The van der Waals surface area contributed by atoms with Gasteiger partial charge in [-0.05, 0) is 48.7 Å². The van der Waals surface area contributed by atoms with Crippen LogP contribution < -0.4 is 10.6 Å². The Kier molecular flexibility index (Phi) is 5.82. The molecular formula is C20H21FN4O. The van der Waals surface area contributed by atoms with E-state index in [-0.39, 0.29) is 17.9 Å². The molecule has 0 bridgehead atoms. The molecule has 0 aromatic heterocycles. The van der Waals surface area contributed by atoms with Crippen LogP contribution in [0.15, 0.2) is 48.5 Å². The first-order valence-corrected chi connectivity index (χ1v) is 8.67. The Labute approximate surface area is 152 Å². The summed E-state index contributed by atoms with van der Waals surface area (Å²) >= 11 is 0. The van der Waals surface area contributed by atoms with E-state index in [9.17, 15) is 9.18 Å². The van der Waals surface area contributed by atoms with Crippen LogP contribution in [0.2, 0.25) is 0 Å². The smallest absolute Gasteiger partial charge is 0.319 e. The van der Waals surface area contributed by atoms with Crippen LogP contribution in [0.1, 0.15) is 24.0 Å². The minimum Gasteiger partial charge on any atom is -0.335 e. The summed E-state index contributed by atoms with van der Waals surface area (Å²) in [6, 6.07) is 15.3. The molecule has 1 aliphatic heterocycles. The number of halogens is 1. The lowest BCUT2D eigenvalue weighted by atomic mass is 10.0. The van der Waals surface area contributed by atoms with Crippen molar-refractivity contribution < 1.29 is 9.18 Å². The molecule has 1 fully saturated rings. The van der Waals surface area contributed by atoms with E-state index in [1.54, 1.807) is 24.3 Å². The molecule has 1 saturated heterocycles. The van der Waals surface area contributed by atoms with Gasteiger partial charge in [0, 0.05) is 31.4 Å². The lowest BCUT2D eigenvalue weighted by Crippen LogP contribution is -2.45. The molecular weight excluding hydrogens is 331 g/mol. The van der Waals surface area contributed by atoms with E-state index in [2.05, 4.69) is 21.6 Å². The second kappa shape index (κ2) is 8.45. The molecule has 5 nitrogen and oxygen atoms in total. The van der Waals surface area contributed by atoms with Crippen molar-refractivity contribution in [2.24, 2.45) is 0 Å². The number of amides is 2. The van der Waals surface area contributed by atoms with Gasteiger partial charge in [0.15, 0.2) is 0 Å². The molecule has 6 heteroatoms. The van der Waals surface area contributed by atoms with Crippen LogP contribution in [0, 0.1) is 17.1 Å². The maximum Gasteiger partial charge on any atom is 0.319 e. The molecule has 0 saturated carbocycles. The van der Waals surface area contributed by atoms with Gasteiger partial charge in [-0.3, -0.25) is 4.90 Å². The highest BCUT2D eigenvalue weighted by Gasteiger charge is 2.20. The SMILES string of the molecule is N#Cc1cccc(NC(=O)NC2CCN(Cc3ccc(F)cc3)CC2)c1. The van der Waals surface area contributed by atoms with Crippen LogP contribution in [0.4, 0.5) is 14.9 Å². The first-order chi connectivity index (χ1) is 12.6. The van der Waals surface area contributed by atoms with Crippen molar-refractivity contribution in [1.82, 2.24) is 10.2 Å². The molecule has 2 N–H and O–H groups in total. The zero-order chi connectivity index (χ0) is 18.4.